The van der Waals surface area contributed by atoms with E-state index in [1.54, 1.807) is 42.3 Å². The Morgan fingerprint density at radius 3 is 2.62 bits per heavy atom. The second-order valence-electron chi connectivity index (χ2n) is 4.61. The molecule has 0 atom stereocenters. The van der Waals surface area contributed by atoms with Crippen LogP contribution in [-0.2, 0) is 6.54 Å². The molecule has 5 heteroatoms. The highest BCUT2D eigenvalue weighted by molar-refractivity contribution is 6.30. The summed E-state index contributed by atoms with van der Waals surface area (Å²) >= 11 is 5.92. The first-order chi connectivity index (χ1) is 10.1. The van der Waals surface area contributed by atoms with Crippen molar-refractivity contribution in [1.29, 1.82) is 5.26 Å². The molecule has 106 valence electrons. The number of urea groups is 1. The van der Waals surface area contributed by atoms with Gasteiger partial charge in [0.2, 0.25) is 0 Å². The van der Waals surface area contributed by atoms with Crippen LogP contribution in [0.2, 0.25) is 5.02 Å². The zero-order valence-corrected chi connectivity index (χ0v) is 12.3. The quantitative estimate of drug-likeness (QED) is 0.935. The maximum Gasteiger partial charge on any atom is 0.321 e. The number of rotatable bonds is 3. The number of nitriles is 1. The molecule has 0 unspecified atom stereocenters. The molecule has 2 amide bonds. The molecule has 0 aliphatic carbocycles. The van der Waals surface area contributed by atoms with Crippen LogP contribution in [0.3, 0.4) is 0 Å². The fourth-order valence-corrected chi connectivity index (χ4v) is 2.04. The van der Waals surface area contributed by atoms with E-state index in [0.717, 1.165) is 5.56 Å². The Hall–Kier alpha value is -2.51. The number of nitrogens with zero attached hydrogens (tertiary/aromatic N) is 2. The lowest BCUT2D eigenvalue weighted by atomic mass is 10.2. The third kappa shape index (κ3) is 4.23. The molecule has 0 fully saturated rings. The van der Waals surface area contributed by atoms with Crippen molar-refractivity contribution in [2.75, 3.05) is 12.4 Å². The fraction of sp³-hybridized carbons (Fsp3) is 0.125. The van der Waals surface area contributed by atoms with Gasteiger partial charge in [-0.1, -0.05) is 23.7 Å². The maximum absolute atomic E-state index is 12.1. The van der Waals surface area contributed by atoms with Gasteiger partial charge in [-0.05, 0) is 42.0 Å². The van der Waals surface area contributed by atoms with Gasteiger partial charge < -0.3 is 10.2 Å². The molecule has 2 rings (SSSR count). The molecule has 0 aliphatic heterocycles. The van der Waals surface area contributed by atoms with Crippen molar-refractivity contribution in [3.05, 3.63) is 64.7 Å². The molecule has 0 saturated heterocycles. The summed E-state index contributed by atoms with van der Waals surface area (Å²) < 4.78 is 0. The van der Waals surface area contributed by atoms with Gasteiger partial charge in [-0.25, -0.2) is 4.79 Å². The molecular weight excluding hydrogens is 286 g/mol. The van der Waals surface area contributed by atoms with Crippen LogP contribution in [0, 0.1) is 11.3 Å². The largest absolute Gasteiger partial charge is 0.323 e. The SMILES string of the molecule is CN(Cc1cccc(Cl)c1)C(=O)Nc1ccc(C#N)cc1. The highest BCUT2D eigenvalue weighted by Crippen LogP contribution is 2.13. The van der Waals surface area contributed by atoms with Gasteiger partial charge in [0, 0.05) is 24.3 Å². The number of hydrogen-bond acceptors (Lipinski definition) is 2. The Balaban J connectivity index is 1.97. The number of halogens is 1. The van der Waals surface area contributed by atoms with Crippen LogP contribution < -0.4 is 5.32 Å². The normalized spacial score (nSPS) is 9.76. The lowest BCUT2D eigenvalue weighted by molar-refractivity contribution is 0.220. The van der Waals surface area contributed by atoms with Crippen molar-refractivity contribution in [1.82, 2.24) is 4.90 Å². The Morgan fingerprint density at radius 1 is 1.29 bits per heavy atom. The van der Waals surface area contributed by atoms with Gasteiger partial charge in [0.25, 0.3) is 0 Å². The van der Waals surface area contributed by atoms with Gasteiger partial charge >= 0.3 is 6.03 Å². The first-order valence-corrected chi connectivity index (χ1v) is 6.73. The summed E-state index contributed by atoms with van der Waals surface area (Å²) in [5.74, 6) is 0. The summed E-state index contributed by atoms with van der Waals surface area (Å²) in [6.45, 7) is 0.461. The third-order valence-corrected chi connectivity index (χ3v) is 3.16. The van der Waals surface area contributed by atoms with Crippen LogP contribution in [-0.4, -0.2) is 18.0 Å². The predicted octanol–water partition coefficient (Wildman–Crippen LogP) is 3.88. The van der Waals surface area contributed by atoms with Crippen molar-refractivity contribution in [2.45, 2.75) is 6.54 Å². The van der Waals surface area contributed by atoms with E-state index >= 15 is 0 Å². The van der Waals surface area contributed by atoms with Crippen molar-refractivity contribution < 1.29 is 4.79 Å². The third-order valence-electron chi connectivity index (χ3n) is 2.92. The van der Waals surface area contributed by atoms with Crippen LogP contribution in [0.1, 0.15) is 11.1 Å². The first kappa shape index (κ1) is 14.9. The van der Waals surface area contributed by atoms with Crippen molar-refractivity contribution in [2.24, 2.45) is 0 Å². The number of amides is 2. The van der Waals surface area contributed by atoms with E-state index in [4.69, 9.17) is 16.9 Å². The van der Waals surface area contributed by atoms with Crippen LogP contribution in [0.25, 0.3) is 0 Å². The van der Waals surface area contributed by atoms with Gasteiger partial charge in [0.15, 0.2) is 0 Å². The second kappa shape index (κ2) is 6.78. The summed E-state index contributed by atoms with van der Waals surface area (Å²) in [5.41, 5.74) is 2.16. The number of nitrogens with one attached hydrogen (secondary N) is 1. The maximum atomic E-state index is 12.1. The average Bonchev–Trinajstić information content (AvgIpc) is 2.48. The van der Waals surface area contributed by atoms with Gasteiger partial charge in [0.05, 0.1) is 11.6 Å². The molecule has 21 heavy (non-hydrogen) atoms. The topological polar surface area (TPSA) is 56.1 Å². The number of carbonyl (C=O) groups excluding carboxylic acids is 1. The zero-order valence-electron chi connectivity index (χ0n) is 11.5. The molecule has 0 spiro atoms. The minimum Gasteiger partial charge on any atom is -0.323 e. The molecule has 1 N–H and O–H groups in total. The van der Waals surface area contributed by atoms with E-state index in [9.17, 15) is 4.79 Å². The standard InChI is InChI=1S/C16H14ClN3O/c1-20(11-13-3-2-4-14(17)9-13)16(21)19-15-7-5-12(10-18)6-8-15/h2-9H,11H2,1H3,(H,19,21). The van der Waals surface area contributed by atoms with E-state index in [2.05, 4.69) is 5.32 Å². The first-order valence-electron chi connectivity index (χ1n) is 6.35. The van der Waals surface area contributed by atoms with E-state index in [0.29, 0.717) is 22.8 Å². The van der Waals surface area contributed by atoms with E-state index in [-0.39, 0.29) is 6.03 Å². The lowest BCUT2D eigenvalue weighted by Gasteiger charge is -2.18. The van der Waals surface area contributed by atoms with Crippen molar-refractivity contribution in [3.8, 4) is 6.07 Å². The zero-order chi connectivity index (χ0) is 15.2. The van der Waals surface area contributed by atoms with Gasteiger partial charge in [-0.2, -0.15) is 5.26 Å². The Kier molecular flexibility index (Phi) is 4.81. The molecule has 0 aromatic heterocycles. The number of anilines is 1. The number of benzene rings is 2. The average molecular weight is 300 g/mol. The number of carbonyl (C=O) groups is 1. The lowest BCUT2D eigenvalue weighted by Crippen LogP contribution is -2.30. The second-order valence-corrected chi connectivity index (χ2v) is 5.04. The van der Waals surface area contributed by atoms with Crippen LogP contribution in [0.5, 0.6) is 0 Å². The summed E-state index contributed by atoms with van der Waals surface area (Å²) in [7, 11) is 1.71. The summed E-state index contributed by atoms with van der Waals surface area (Å²) in [6, 6.07) is 15.9. The summed E-state index contributed by atoms with van der Waals surface area (Å²) in [5, 5.41) is 12.1. The van der Waals surface area contributed by atoms with E-state index in [1.807, 2.05) is 24.3 Å². The molecule has 2 aromatic carbocycles. The molecule has 0 aliphatic rings. The molecule has 4 nitrogen and oxygen atoms in total. The number of hydrogen-bond donors (Lipinski definition) is 1. The molecule has 0 bridgehead atoms. The smallest absolute Gasteiger partial charge is 0.321 e. The molecule has 2 aromatic rings. The fourth-order valence-electron chi connectivity index (χ4n) is 1.83. The minimum atomic E-state index is -0.223. The van der Waals surface area contributed by atoms with Crippen LogP contribution in [0.4, 0.5) is 10.5 Å². The minimum absolute atomic E-state index is 0.223. The van der Waals surface area contributed by atoms with E-state index in [1.165, 1.54) is 0 Å². The summed E-state index contributed by atoms with van der Waals surface area (Å²) in [4.78, 5) is 13.6. The molecule has 0 radical (unpaired) electrons. The van der Waals surface area contributed by atoms with Crippen LogP contribution >= 0.6 is 11.6 Å². The predicted molar refractivity (Wildman–Crippen MR) is 83.1 cm³/mol. The Bertz CT molecular complexity index is 677. The summed E-state index contributed by atoms with van der Waals surface area (Å²) in [6.07, 6.45) is 0. The van der Waals surface area contributed by atoms with Gasteiger partial charge in [-0.3, -0.25) is 0 Å². The van der Waals surface area contributed by atoms with Crippen molar-refractivity contribution >= 4 is 23.3 Å². The highest BCUT2D eigenvalue weighted by atomic mass is 35.5. The Morgan fingerprint density at radius 2 is 2.00 bits per heavy atom. The van der Waals surface area contributed by atoms with E-state index < -0.39 is 0 Å². The monoisotopic (exact) mass is 299 g/mol. The molecule has 0 heterocycles. The van der Waals surface area contributed by atoms with Crippen LogP contribution in [0.15, 0.2) is 48.5 Å². The van der Waals surface area contributed by atoms with Gasteiger partial charge in [0.1, 0.15) is 0 Å². The Labute approximate surface area is 128 Å². The van der Waals surface area contributed by atoms with Gasteiger partial charge in [-0.15, -0.1) is 0 Å². The van der Waals surface area contributed by atoms with Crippen molar-refractivity contribution in [3.63, 3.8) is 0 Å². The molecule has 0 saturated carbocycles. The highest BCUT2D eigenvalue weighted by Gasteiger charge is 2.09. The molecular formula is C16H14ClN3O.